The minimum absolute atomic E-state index is 0. The van der Waals surface area contributed by atoms with Crippen molar-refractivity contribution in [3.05, 3.63) is 23.7 Å². The highest BCUT2D eigenvalue weighted by atomic mass is 35.5. The second-order valence-electron chi connectivity index (χ2n) is 1.75. The minimum atomic E-state index is -0.606. The molecule has 1 aromatic rings. The molecule has 11 heavy (non-hydrogen) atoms. The predicted octanol–water partition coefficient (Wildman–Crippen LogP) is 1.54. The molecule has 0 aliphatic carbocycles. The van der Waals surface area contributed by atoms with Crippen LogP contribution in [0.4, 0.5) is 0 Å². The van der Waals surface area contributed by atoms with Crippen molar-refractivity contribution in [1.82, 2.24) is 0 Å². The highest BCUT2D eigenvalue weighted by Gasteiger charge is 2.10. The molecular weight excluding hydrogens is 189 g/mol. The van der Waals surface area contributed by atoms with Crippen LogP contribution >= 0.6 is 24.0 Å². The van der Waals surface area contributed by atoms with Gasteiger partial charge in [-0.3, -0.25) is 4.79 Å². The summed E-state index contributed by atoms with van der Waals surface area (Å²) in [5, 5.41) is -0.606. The maximum atomic E-state index is 10.5. The second-order valence-corrected chi connectivity index (χ2v) is 2.10. The summed E-state index contributed by atoms with van der Waals surface area (Å²) in [7, 11) is 0. The van der Waals surface area contributed by atoms with E-state index in [1.165, 1.54) is 6.26 Å². The Kier molecular flexibility index (Phi) is 4.18. The fraction of sp³-hybridized carbons (Fsp3) is 0.167. The summed E-state index contributed by atoms with van der Waals surface area (Å²) in [6.45, 7) is 0.268. The van der Waals surface area contributed by atoms with Crippen LogP contribution < -0.4 is 5.73 Å². The fourth-order valence-electron chi connectivity index (χ4n) is 0.669. The van der Waals surface area contributed by atoms with E-state index >= 15 is 0 Å². The highest BCUT2D eigenvalue weighted by Crippen LogP contribution is 2.11. The van der Waals surface area contributed by atoms with Gasteiger partial charge in [0.25, 0.3) is 5.24 Å². The second kappa shape index (κ2) is 4.38. The molecule has 5 heteroatoms. The summed E-state index contributed by atoms with van der Waals surface area (Å²) in [6.07, 6.45) is 1.39. The van der Waals surface area contributed by atoms with Gasteiger partial charge in [0.05, 0.1) is 6.26 Å². The lowest BCUT2D eigenvalue weighted by Crippen LogP contribution is -1.99. The van der Waals surface area contributed by atoms with E-state index in [2.05, 4.69) is 0 Å². The molecule has 0 unspecified atom stereocenters. The Labute approximate surface area is 74.9 Å². The van der Waals surface area contributed by atoms with E-state index in [1.807, 2.05) is 0 Å². The van der Waals surface area contributed by atoms with Crippen molar-refractivity contribution in [2.75, 3.05) is 0 Å². The molecule has 0 aliphatic rings. The third-order valence-corrected chi connectivity index (χ3v) is 1.32. The maximum Gasteiger partial charge on any atom is 0.288 e. The van der Waals surface area contributed by atoms with Crippen molar-refractivity contribution in [3.8, 4) is 0 Å². The molecule has 0 aliphatic heterocycles. The zero-order valence-corrected chi connectivity index (χ0v) is 7.11. The molecular formula is C6H7Cl2NO2. The molecule has 0 saturated carbocycles. The number of hydrogen-bond acceptors (Lipinski definition) is 3. The summed E-state index contributed by atoms with van der Waals surface area (Å²) < 4.78 is 4.76. The summed E-state index contributed by atoms with van der Waals surface area (Å²) >= 11 is 5.14. The summed E-state index contributed by atoms with van der Waals surface area (Å²) in [5.74, 6) is 0.143. The van der Waals surface area contributed by atoms with Crippen molar-refractivity contribution in [2.24, 2.45) is 5.73 Å². The Balaban J connectivity index is 0.000001000. The molecule has 0 aromatic carbocycles. The average Bonchev–Trinajstić information content (AvgIpc) is 2.33. The number of furan rings is 1. The van der Waals surface area contributed by atoms with E-state index in [1.54, 1.807) is 6.07 Å². The van der Waals surface area contributed by atoms with E-state index < -0.39 is 5.24 Å². The topological polar surface area (TPSA) is 56.2 Å². The molecule has 0 atom stereocenters. The number of carbonyl (C=O) groups is 1. The van der Waals surface area contributed by atoms with E-state index in [-0.39, 0.29) is 24.7 Å². The van der Waals surface area contributed by atoms with Crippen molar-refractivity contribution in [1.29, 1.82) is 0 Å². The molecule has 0 amide bonds. The van der Waals surface area contributed by atoms with Gasteiger partial charge in [-0.05, 0) is 17.7 Å². The molecule has 0 bridgehead atoms. The van der Waals surface area contributed by atoms with Gasteiger partial charge in [0.15, 0.2) is 5.76 Å². The Morgan fingerprint density at radius 3 is 2.73 bits per heavy atom. The average molecular weight is 196 g/mol. The lowest BCUT2D eigenvalue weighted by molar-refractivity contribution is 0.105. The first-order valence-corrected chi connectivity index (χ1v) is 3.09. The Hall–Kier alpha value is -0.510. The largest absolute Gasteiger partial charge is 0.460 e. The van der Waals surface area contributed by atoms with Gasteiger partial charge in [-0.2, -0.15) is 0 Å². The van der Waals surface area contributed by atoms with Gasteiger partial charge in [0.1, 0.15) is 0 Å². The lowest BCUT2D eigenvalue weighted by atomic mass is 10.3. The van der Waals surface area contributed by atoms with Crippen molar-refractivity contribution in [3.63, 3.8) is 0 Å². The van der Waals surface area contributed by atoms with Gasteiger partial charge >= 0.3 is 0 Å². The molecule has 0 radical (unpaired) electrons. The fourth-order valence-corrected chi connectivity index (χ4v) is 0.835. The van der Waals surface area contributed by atoms with Crippen LogP contribution in [0, 0.1) is 0 Å². The predicted molar refractivity (Wildman–Crippen MR) is 44.0 cm³/mol. The zero-order chi connectivity index (χ0) is 7.56. The van der Waals surface area contributed by atoms with Crippen molar-refractivity contribution < 1.29 is 9.21 Å². The lowest BCUT2D eigenvalue weighted by Gasteiger charge is -1.89. The summed E-state index contributed by atoms with van der Waals surface area (Å²) in [5.41, 5.74) is 5.90. The molecule has 1 rings (SSSR count). The quantitative estimate of drug-likeness (QED) is 0.729. The van der Waals surface area contributed by atoms with Crippen molar-refractivity contribution >= 4 is 29.3 Å². The van der Waals surface area contributed by atoms with Gasteiger partial charge in [-0.1, -0.05) is 0 Å². The molecule has 3 nitrogen and oxygen atoms in total. The van der Waals surface area contributed by atoms with Crippen LogP contribution in [-0.4, -0.2) is 5.24 Å². The zero-order valence-electron chi connectivity index (χ0n) is 5.54. The molecule has 62 valence electrons. The number of hydrogen-bond donors (Lipinski definition) is 1. The van der Waals surface area contributed by atoms with Gasteiger partial charge in [-0.25, -0.2) is 0 Å². The van der Waals surface area contributed by atoms with Crippen LogP contribution in [0.25, 0.3) is 0 Å². The first kappa shape index (κ1) is 10.5. The molecule has 2 N–H and O–H groups in total. The van der Waals surface area contributed by atoms with E-state index in [9.17, 15) is 4.79 Å². The Bertz CT molecular complexity index is 246. The molecule has 0 fully saturated rings. The van der Waals surface area contributed by atoms with Crippen LogP contribution in [0.1, 0.15) is 16.1 Å². The Morgan fingerprint density at radius 1 is 1.73 bits per heavy atom. The van der Waals surface area contributed by atoms with E-state index in [0.29, 0.717) is 5.56 Å². The van der Waals surface area contributed by atoms with Crippen LogP contribution in [-0.2, 0) is 6.54 Å². The van der Waals surface area contributed by atoms with Crippen LogP contribution in [0.5, 0.6) is 0 Å². The number of carbonyl (C=O) groups excluding carboxylic acids is 1. The smallest absolute Gasteiger partial charge is 0.288 e. The standard InChI is InChI=1S/C6H6ClNO2.ClH/c7-6(9)5-4(3-8)1-2-10-5;/h1-2H,3,8H2;1H. The van der Waals surface area contributed by atoms with E-state index in [4.69, 9.17) is 21.8 Å². The molecule has 1 heterocycles. The van der Waals surface area contributed by atoms with Gasteiger partial charge in [-0.15, -0.1) is 12.4 Å². The van der Waals surface area contributed by atoms with E-state index in [0.717, 1.165) is 0 Å². The minimum Gasteiger partial charge on any atom is -0.460 e. The van der Waals surface area contributed by atoms with Gasteiger partial charge in [0, 0.05) is 12.1 Å². The van der Waals surface area contributed by atoms with Crippen LogP contribution in [0.3, 0.4) is 0 Å². The normalized spacial score (nSPS) is 8.91. The Morgan fingerprint density at radius 2 is 2.36 bits per heavy atom. The number of rotatable bonds is 2. The number of nitrogens with two attached hydrogens (primary N) is 1. The van der Waals surface area contributed by atoms with Gasteiger partial charge < -0.3 is 10.2 Å². The first-order valence-electron chi connectivity index (χ1n) is 2.72. The van der Waals surface area contributed by atoms with Crippen LogP contribution in [0.2, 0.25) is 0 Å². The SMILES string of the molecule is Cl.NCc1ccoc1C(=O)Cl. The summed E-state index contributed by atoms with van der Waals surface area (Å²) in [6, 6.07) is 1.62. The maximum absolute atomic E-state index is 10.5. The molecule has 1 aromatic heterocycles. The third kappa shape index (κ3) is 2.22. The first-order chi connectivity index (χ1) is 4.75. The van der Waals surface area contributed by atoms with Crippen molar-refractivity contribution in [2.45, 2.75) is 6.54 Å². The molecule has 0 saturated heterocycles. The summed E-state index contributed by atoms with van der Waals surface area (Å²) in [4.78, 5) is 10.5. The number of halogens is 2. The highest BCUT2D eigenvalue weighted by molar-refractivity contribution is 6.67. The van der Waals surface area contributed by atoms with Crippen LogP contribution in [0.15, 0.2) is 16.7 Å². The monoisotopic (exact) mass is 195 g/mol. The van der Waals surface area contributed by atoms with Gasteiger partial charge in [0.2, 0.25) is 0 Å². The third-order valence-electron chi connectivity index (χ3n) is 1.15. The molecule has 0 spiro atoms.